The number of nitrogens with two attached hydrogens (primary N) is 1. The van der Waals surface area contributed by atoms with Gasteiger partial charge in [-0.2, -0.15) is 0 Å². The Morgan fingerprint density at radius 3 is 2.30 bits per heavy atom. The molecular formula is C15H20N5+. The van der Waals surface area contributed by atoms with Gasteiger partial charge in [0.05, 0.1) is 17.1 Å². The molecule has 0 aliphatic rings. The van der Waals surface area contributed by atoms with Crippen LogP contribution in [0.15, 0.2) is 24.3 Å². The van der Waals surface area contributed by atoms with Gasteiger partial charge in [-0.15, -0.1) is 9.97 Å². The van der Waals surface area contributed by atoms with Gasteiger partial charge < -0.3 is 5.73 Å². The number of hydrogen-bond acceptors (Lipinski definition) is 2. The molecule has 104 valence electrons. The molecule has 0 fully saturated rings. The van der Waals surface area contributed by atoms with Crippen LogP contribution in [-0.4, -0.2) is 15.9 Å². The summed E-state index contributed by atoms with van der Waals surface area (Å²) in [5, 5.41) is 3.13. The summed E-state index contributed by atoms with van der Waals surface area (Å²) in [6.45, 7) is 7.95. The van der Waals surface area contributed by atoms with E-state index in [0.717, 1.165) is 22.6 Å². The second-order valence-electron chi connectivity index (χ2n) is 4.96. The van der Waals surface area contributed by atoms with E-state index < -0.39 is 0 Å². The van der Waals surface area contributed by atoms with Crippen LogP contribution in [0.1, 0.15) is 22.5 Å². The zero-order valence-corrected chi connectivity index (χ0v) is 12.3. The zero-order chi connectivity index (χ0) is 14.7. The van der Waals surface area contributed by atoms with E-state index in [-0.39, 0.29) is 0 Å². The van der Waals surface area contributed by atoms with E-state index in [4.69, 9.17) is 5.73 Å². The summed E-state index contributed by atoms with van der Waals surface area (Å²) < 4.78 is 0. The maximum Gasteiger partial charge on any atom is 0.354 e. The van der Waals surface area contributed by atoms with E-state index in [9.17, 15) is 0 Å². The van der Waals surface area contributed by atoms with Crippen molar-refractivity contribution in [3.05, 3.63) is 46.8 Å². The SMILES string of the molecule is Cc1ccc(NC(N)=[NH+]c2nc(C)cc(C)n2)c(C)c1. The van der Waals surface area contributed by atoms with Crippen LogP contribution >= 0.6 is 0 Å². The molecule has 0 spiro atoms. The Labute approximate surface area is 119 Å². The Morgan fingerprint density at radius 2 is 1.70 bits per heavy atom. The fourth-order valence-corrected chi connectivity index (χ4v) is 2.03. The van der Waals surface area contributed by atoms with Crippen LogP contribution in [0.3, 0.4) is 0 Å². The summed E-state index contributed by atoms with van der Waals surface area (Å²) >= 11 is 0. The lowest BCUT2D eigenvalue weighted by Gasteiger charge is -2.06. The monoisotopic (exact) mass is 270 g/mol. The predicted octanol–water partition coefficient (Wildman–Crippen LogP) is 0.849. The first kappa shape index (κ1) is 14.0. The van der Waals surface area contributed by atoms with E-state index in [0.29, 0.717) is 11.9 Å². The van der Waals surface area contributed by atoms with E-state index in [1.54, 1.807) is 0 Å². The highest BCUT2D eigenvalue weighted by Crippen LogP contribution is 2.15. The van der Waals surface area contributed by atoms with Gasteiger partial charge in [0, 0.05) is 6.07 Å². The number of aryl methyl sites for hydroxylation is 4. The molecule has 5 heteroatoms. The third-order valence-electron chi connectivity index (χ3n) is 2.88. The quantitative estimate of drug-likeness (QED) is 0.558. The first-order valence-corrected chi connectivity index (χ1v) is 6.50. The largest absolute Gasteiger partial charge is 0.354 e. The van der Waals surface area contributed by atoms with Crippen LogP contribution in [0, 0.1) is 27.7 Å². The van der Waals surface area contributed by atoms with Crippen molar-refractivity contribution < 1.29 is 4.99 Å². The van der Waals surface area contributed by atoms with Gasteiger partial charge in [-0.25, -0.2) is 4.99 Å². The number of aromatic nitrogens is 2. The lowest BCUT2D eigenvalue weighted by atomic mass is 10.1. The average molecular weight is 270 g/mol. The second-order valence-corrected chi connectivity index (χ2v) is 4.96. The Kier molecular flexibility index (Phi) is 3.98. The van der Waals surface area contributed by atoms with Crippen LogP contribution in [0.2, 0.25) is 0 Å². The summed E-state index contributed by atoms with van der Waals surface area (Å²) in [5.74, 6) is 0.902. The van der Waals surface area contributed by atoms with Gasteiger partial charge in [-0.1, -0.05) is 17.7 Å². The molecule has 0 aliphatic heterocycles. The van der Waals surface area contributed by atoms with Crippen molar-refractivity contribution in [1.82, 2.24) is 9.97 Å². The predicted molar refractivity (Wildman–Crippen MR) is 80.9 cm³/mol. The van der Waals surface area contributed by atoms with Gasteiger partial charge in [0.15, 0.2) is 0 Å². The summed E-state index contributed by atoms with van der Waals surface area (Å²) in [5.41, 5.74) is 11.1. The van der Waals surface area contributed by atoms with Crippen molar-refractivity contribution in [2.75, 3.05) is 5.32 Å². The lowest BCUT2D eigenvalue weighted by molar-refractivity contribution is -0.365. The highest BCUT2D eigenvalue weighted by atomic mass is 15.2. The second kappa shape index (κ2) is 5.69. The Morgan fingerprint density at radius 1 is 1.05 bits per heavy atom. The molecule has 2 aromatic rings. The lowest BCUT2D eigenvalue weighted by Crippen LogP contribution is -2.72. The van der Waals surface area contributed by atoms with Crippen molar-refractivity contribution in [3.63, 3.8) is 0 Å². The molecule has 4 N–H and O–H groups in total. The molecule has 0 radical (unpaired) electrons. The summed E-state index contributed by atoms with van der Waals surface area (Å²) in [4.78, 5) is 11.6. The standard InChI is InChI=1S/C15H19N5/c1-9-5-6-13(10(2)7-9)19-14(16)20-15-17-11(3)8-12(4)18-15/h5-8H,1-4H3,(H3,16,17,18,19,20)/p+1. The number of hydrogen-bond donors (Lipinski definition) is 3. The van der Waals surface area contributed by atoms with Crippen LogP contribution < -0.4 is 16.0 Å². The zero-order valence-electron chi connectivity index (χ0n) is 12.3. The fraction of sp³-hybridized carbons (Fsp3) is 0.267. The number of nitrogens with zero attached hydrogens (tertiary/aromatic N) is 2. The highest BCUT2D eigenvalue weighted by Gasteiger charge is 2.07. The molecule has 1 aromatic carbocycles. The number of rotatable bonds is 2. The van der Waals surface area contributed by atoms with Crippen LogP contribution in [0.4, 0.5) is 11.6 Å². The maximum absolute atomic E-state index is 5.96. The van der Waals surface area contributed by atoms with Gasteiger partial charge in [-0.05, 0) is 39.3 Å². The normalized spacial score (nSPS) is 11.5. The number of anilines is 1. The third-order valence-corrected chi connectivity index (χ3v) is 2.88. The van der Waals surface area contributed by atoms with E-state index >= 15 is 0 Å². The first-order valence-electron chi connectivity index (χ1n) is 6.50. The number of benzene rings is 1. The fourth-order valence-electron chi connectivity index (χ4n) is 2.03. The molecule has 1 aromatic heterocycles. The minimum Gasteiger partial charge on any atom is -0.322 e. The van der Waals surface area contributed by atoms with Gasteiger partial charge in [0.25, 0.3) is 5.96 Å². The van der Waals surface area contributed by atoms with E-state index in [2.05, 4.69) is 33.3 Å². The van der Waals surface area contributed by atoms with Crippen LogP contribution in [0.25, 0.3) is 0 Å². The summed E-state index contributed by atoms with van der Waals surface area (Å²) in [7, 11) is 0. The van der Waals surface area contributed by atoms with Gasteiger partial charge in [0.1, 0.15) is 0 Å². The molecule has 0 atom stereocenters. The molecule has 5 nitrogen and oxygen atoms in total. The molecule has 1 heterocycles. The first-order chi connectivity index (χ1) is 9.44. The van der Waals surface area contributed by atoms with Crippen molar-refractivity contribution >= 4 is 17.6 Å². The maximum atomic E-state index is 5.96. The molecular weight excluding hydrogens is 250 g/mol. The minimum absolute atomic E-state index is 0.405. The Bertz CT molecular complexity index is 641. The summed E-state index contributed by atoms with van der Waals surface area (Å²) in [6, 6.07) is 8.05. The molecule has 0 aliphatic carbocycles. The van der Waals surface area contributed by atoms with Gasteiger partial charge >= 0.3 is 5.95 Å². The number of guanidine groups is 1. The van der Waals surface area contributed by atoms with Gasteiger partial charge in [0.2, 0.25) is 0 Å². The average Bonchev–Trinajstić information content (AvgIpc) is 2.31. The topological polar surface area (TPSA) is 77.8 Å². The Hall–Kier alpha value is -2.43. The number of nitrogens with one attached hydrogen (secondary N) is 2. The molecule has 0 bridgehead atoms. The molecule has 0 saturated heterocycles. The molecule has 0 unspecified atom stereocenters. The molecule has 20 heavy (non-hydrogen) atoms. The van der Waals surface area contributed by atoms with Gasteiger partial charge in [-0.3, -0.25) is 5.32 Å². The molecule has 0 amide bonds. The smallest absolute Gasteiger partial charge is 0.322 e. The molecule has 0 saturated carbocycles. The van der Waals surface area contributed by atoms with Crippen molar-refractivity contribution in [1.29, 1.82) is 0 Å². The highest BCUT2D eigenvalue weighted by molar-refractivity contribution is 5.89. The van der Waals surface area contributed by atoms with Crippen molar-refractivity contribution in [2.45, 2.75) is 27.7 Å². The minimum atomic E-state index is 0.405. The van der Waals surface area contributed by atoms with Crippen molar-refractivity contribution in [2.24, 2.45) is 5.73 Å². The summed E-state index contributed by atoms with van der Waals surface area (Å²) in [6.07, 6.45) is 0. The van der Waals surface area contributed by atoms with E-state index in [1.165, 1.54) is 5.56 Å². The third kappa shape index (κ3) is 3.54. The Balaban J connectivity index is 2.22. The van der Waals surface area contributed by atoms with E-state index in [1.807, 2.05) is 39.0 Å². The van der Waals surface area contributed by atoms with Crippen molar-refractivity contribution in [3.8, 4) is 0 Å². The van der Waals surface area contributed by atoms with Crippen LogP contribution in [0.5, 0.6) is 0 Å². The molecule has 2 rings (SSSR count). The van der Waals surface area contributed by atoms with Crippen LogP contribution in [-0.2, 0) is 0 Å².